The summed E-state index contributed by atoms with van der Waals surface area (Å²) >= 11 is 1.49. The first-order valence-corrected chi connectivity index (χ1v) is 9.02. The molecule has 1 heterocycles. The summed E-state index contributed by atoms with van der Waals surface area (Å²) in [5, 5.41) is 0. The zero-order valence-electron chi connectivity index (χ0n) is 13.6. The summed E-state index contributed by atoms with van der Waals surface area (Å²) in [6.07, 6.45) is 5.57. The number of hydrazine groups is 1. The zero-order chi connectivity index (χ0) is 17.6. The summed E-state index contributed by atoms with van der Waals surface area (Å²) in [5.41, 5.74) is 5.97. The molecule has 1 aromatic heterocycles. The fourth-order valence-electron chi connectivity index (χ4n) is 2.68. The molecule has 132 valence electrons. The monoisotopic (exact) mass is 362 g/mol. The lowest BCUT2D eigenvalue weighted by Gasteiger charge is -2.08. The van der Waals surface area contributed by atoms with Crippen molar-refractivity contribution in [2.75, 3.05) is 6.61 Å². The molecule has 0 spiro atoms. The number of thiophene rings is 1. The summed E-state index contributed by atoms with van der Waals surface area (Å²) in [4.78, 5) is 25.8. The Hall–Kier alpha value is -2.41. The van der Waals surface area contributed by atoms with E-state index in [4.69, 9.17) is 4.74 Å². The lowest BCUT2D eigenvalue weighted by molar-refractivity contribution is -0.123. The standard InChI is InChI=1S/C18H19FN2O3S/c19-13-6-8-14(9-7-13)24-11-17(22)20-21-18(23)16-10-12-4-2-1-3-5-15(12)25-16/h6-10H,1-5,11H2,(H,20,22)(H,21,23). The van der Waals surface area contributed by atoms with Crippen molar-refractivity contribution in [2.24, 2.45) is 0 Å². The maximum atomic E-state index is 12.8. The molecule has 25 heavy (non-hydrogen) atoms. The van der Waals surface area contributed by atoms with Crippen LogP contribution in [0.2, 0.25) is 0 Å². The van der Waals surface area contributed by atoms with Crippen molar-refractivity contribution in [3.05, 3.63) is 51.5 Å². The number of ether oxygens (including phenoxy) is 1. The van der Waals surface area contributed by atoms with E-state index in [9.17, 15) is 14.0 Å². The molecule has 1 aromatic carbocycles. The highest BCUT2D eigenvalue weighted by Gasteiger charge is 2.16. The van der Waals surface area contributed by atoms with Crippen LogP contribution < -0.4 is 15.6 Å². The van der Waals surface area contributed by atoms with Crippen molar-refractivity contribution in [1.29, 1.82) is 0 Å². The van der Waals surface area contributed by atoms with E-state index in [-0.39, 0.29) is 18.3 Å². The van der Waals surface area contributed by atoms with Gasteiger partial charge in [0.15, 0.2) is 6.61 Å². The molecular weight excluding hydrogens is 343 g/mol. The molecule has 0 saturated heterocycles. The van der Waals surface area contributed by atoms with Crippen LogP contribution >= 0.6 is 11.3 Å². The Morgan fingerprint density at radius 3 is 2.64 bits per heavy atom. The average Bonchev–Trinajstić information content (AvgIpc) is 2.90. The van der Waals surface area contributed by atoms with E-state index in [1.165, 1.54) is 52.5 Å². The minimum atomic E-state index is -0.490. The maximum absolute atomic E-state index is 12.8. The second kappa shape index (κ2) is 8.11. The molecule has 3 rings (SSSR count). The predicted molar refractivity (Wildman–Crippen MR) is 93.1 cm³/mol. The average molecular weight is 362 g/mol. The van der Waals surface area contributed by atoms with Gasteiger partial charge in [-0.25, -0.2) is 4.39 Å². The van der Waals surface area contributed by atoms with Crippen LogP contribution in [0.25, 0.3) is 0 Å². The Bertz CT molecular complexity index is 735. The number of carbonyl (C=O) groups is 2. The molecule has 0 fully saturated rings. The topological polar surface area (TPSA) is 67.4 Å². The van der Waals surface area contributed by atoms with Gasteiger partial charge >= 0.3 is 0 Å². The minimum absolute atomic E-state index is 0.271. The molecule has 0 saturated carbocycles. The SMILES string of the molecule is O=C(COc1ccc(F)cc1)NNC(=O)c1cc2c(s1)CCCCC2. The Labute approximate surface area is 149 Å². The zero-order valence-corrected chi connectivity index (χ0v) is 14.5. The van der Waals surface area contributed by atoms with E-state index in [0.717, 1.165) is 25.7 Å². The number of aryl methyl sites for hydroxylation is 2. The van der Waals surface area contributed by atoms with Crippen molar-refractivity contribution in [3.8, 4) is 5.75 Å². The fraction of sp³-hybridized carbons (Fsp3) is 0.333. The number of rotatable bonds is 4. The lowest BCUT2D eigenvalue weighted by atomic mass is 10.1. The first-order chi connectivity index (χ1) is 12.1. The van der Waals surface area contributed by atoms with Gasteiger partial charge in [0.1, 0.15) is 11.6 Å². The molecule has 2 amide bonds. The highest BCUT2D eigenvalue weighted by molar-refractivity contribution is 7.14. The van der Waals surface area contributed by atoms with Gasteiger partial charge in [-0.2, -0.15) is 0 Å². The number of hydrogen-bond donors (Lipinski definition) is 2. The van der Waals surface area contributed by atoms with Gasteiger partial charge in [-0.1, -0.05) is 6.42 Å². The summed E-state index contributed by atoms with van der Waals surface area (Å²) in [6, 6.07) is 7.27. The number of amides is 2. The van der Waals surface area contributed by atoms with Gasteiger partial charge in [0.25, 0.3) is 11.8 Å². The van der Waals surface area contributed by atoms with Crippen LogP contribution in [-0.2, 0) is 17.6 Å². The second-order valence-electron chi connectivity index (χ2n) is 5.86. The number of carbonyl (C=O) groups excluding carboxylic acids is 2. The molecular formula is C18H19FN2O3S. The smallest absolute Gasteiger partial charge is 0.279 e. The van der Waals surface area contributed by atoms with E-state index < -0.39 is 5.91 Å². The number of halogens is 1. The normalized spacial score (nSPS) is 13.5. The first-order valence-electron chi connectivity index (χ1n) is 8.21. The van der Waals surface area contributed by atoms with Crippen LogP contribution in [0.1, 0.15) is 39.4 Å². The summed E-state index contributed by atoms with van der Waals surface area (Å²) < 4.78 is 18.0. The molecule has 7 heteroatoms. The third kappa shape index (κ3) is 4.79. The number of hydrogen-bond acceptors (Lipinski definition) is 4. The van der Waals surface area contributed by atoms with Gasteiger partial charge in [0.2, 0.25) is 0 Å². The van der Waals surface area contributed by atoms with Gasteiger partial charge in [-0.3, -0.25) is 20.4 Å². The molecule has 0 bridgehead atoms. The summed E-state index contributed by atoms with van der Waals surface area (Å²) in [6.45, 7) is -0.271. The van der Waals surface area contributed by atoms with E-state index in [1.807, 2.05) is 6.07 Å². The Morgan fingerprint density at radius 2 is 1.84 bits per heavy atom. The quantitative estimate of drug-likeness (QED) is 0.649. The molecule has 1 aliphatic rings. The van der Waals surface area contributed by atoms with Crippen molar-refractivity contribution in [3.63, 3.8) is 0 Å². The van der Waals surface area contributed by atoms with Crippen LogP contribution in [-0.4, -0.2) is 18.4 Å². The van der Waals surface area contributed by atoms with Crippen LogP contribution in [0.15, 0.2) is 30.3 Å². The highest BCUT2D eigenvalue weighted by atomic mass is 32.1. The van der Waals surface area contributed by atoms with E-state index in [1.54, 1.807) is 0 Å². The largest absolute Gasteiger partial charge is 0.484 e. The lowest BCUT2D eigenvalue weighted by Crippen LogP contribution is -2.43. The minimum Gasteiger partial charge on any atom is -0.484 e. The maximum Gasteiger partial charge on any atom is 0.279 e. The van der Waals surface area contributed by atoms with E-state index in [2.05, 4.69) is 10.9 Å². The molecule has 2 N–H and O–H groups in total. The van der Waals surface area contributed by atoms with Crippen LogP contribution in [0.5, 0.6) is 5.75 Å². The van der Waals surface area contributed by atoms with Gasteiger partial charge in [-0.15, -0.1) is 11.3 Å². The van der Waals surface area contributed by atoms with Gasteiger partial charge in [-0.05, 0) is 61.6 Å². The van der Waals surface area contributed by atoms with E-state index in [0.29, 0.717) is 10.6 Å². The molecule has 0 atom stereocenters. The second-order valence-corrected chi connectivity index (χ2v) is 7.00. The Balaban J connectivity index is 1.47. The molecule has 2 aromatic rings. The van der Waals surface area contributed by atoms with Crippen molar-refractivity contribution in [1.82, 2.24) is 10.9 Å². The summed E-state index contributed by atoms with van der Waals surface area (Å²) in [5.74, 6) is -0.813. The molecule has 0 unspecified atom stereocenters. The van der Waals surface area contributed by atoms with Crippen molar-refractivity contribution in [2.45, 2.75) is 32.1 Å². The predicted octanol–water partition coefficient (Wildman–Crippen LogP) is 3.00. The Kier molecular flexibility index (Phi) is 5.65. The van der Waals surface area contributed by atoms with Gasteiger partial charge in [0, 0.05) is 4.88 Å². The Morgan fingerprint density at radius 1 is 1.08 bits per heavy atom. The molecule has 5 nitrogen and oxygen atoms in total. The highest BCUT2D eigenvalue weighted by Crippen LogP contribution is 2.28. The van der Waals surface area contributed by atoms with Crippen LogP contribution in [0.3, 0.4) is 0 Å². The molecule has 0 radical (unpaired) electrons. The van der Waals surface area contributed by atoms with Crippen molar-refractivity contribution >= 4 is 23.2 Å². The third-order valence-corrected chi connectivity index (χ3v) is 5.21. The van der Waals surface area contributed by atoms with Crippen LogP contribution in [0.4, 0.5) is 4.39 Å². The molecule has 0 aliphatic heterocycles. The number of nitrogens with one attached hydrogen (secondary N) is 2. The molecule has 1 aliphatic carbocycles. The van der Waals surface area contributed by atoms with Crippen molar-refractivity contribution < 1.29 is 18.7 Å². The third-order valence-electron chi connectivity index (χ3n) is 3.97. The summed E-state index contributed by atoms with van der Waals surface area (Å²) in [7, 11) is 0. The van der Waals surface area contributed by atoms with Gasteiger partial charge in [0.05, 0.1) is 4.88 Å². The number of benzene rings is 1. The number of fused-ring (bicyclic) bond motifs is 1. The first kappa shape index (κ1) is 17.4. The van der Waals surface area contributed by atoms with Gasteiger partial charge < -0.3 is 4.74 Å². The van der Waals surface area contributed by atoms with E-state index >= 15 is 0 Å². The van der Waals surface area contributed by atoms with Crippen LogP contribution in [0, 0.1) is 5.82 Å². The fourth-order valence-corrected chi connectivity index (χ4v) is 3.83.